The molecule has 0 fully saturated rings. The second kappa shape index (κ2) is 5.97. The second-order valence-electron chi connectivity index (χ2n) is 6.13. The Morgan fingerprint density at radius 3 is 2.81 bits per heavy atom. The van der Waals surface area contributed by atoms with Crippen molar-refractivity contribution >= 4 is 54.3 Å². The van der Waals surface area contributed by atoms with Gasteiger partial charge in [-0.05, 0) is 29.0 Å². The minimum absolute atomic E-state index is 0.0975. The molecule has 0 saturated carbocycles. The molecule has 126 valence electrons. The topological polar surface area (TPSA) is 55.1 Å². The molecule has 0 unspecified atom stereocenters. The number of amides is 1. The van der Waals surface area contributed by atoms with Crippen LogP contribution in [0.4, 0.5) is 5.13 Å². The van der Waals surface area contributed by atoms with Gasteiger partial charge >= 0.3 is 0 Å². The Balaban J connectivity index is 1.47. The van der Waals surface area contributed by atoms with Gasteiger partial charge in [-0.1, -0.05) is 53.8 Å². The third kappa shape index (κ3) is 2.53. The summed E-state index contributed by atoms with van der Waals surface area (Å²) in [6.07, 6.45) is 1.92. The first-order valence-electron chi connectivity index (χ1n) is 8.31. The van der Waals surface area contributed by atoms with Crippen LogP contribution in [0, 0.1) is 0 Å². The van der Waals surface area contributed by atoms with E-state index < -0.39 is 0 Å². The van der Waals surface area contributed by atoms with Crippen LogP contribution in [0.25, 0.3) is 32.0 Å². The van der Waals surface area contributed by atoms with Crippen molar-refractivity contribution in [1.29, 1.82) is 0 Å². The maximum Gasteiger partial charge on any atom is 0.230 e. The summed E-state index contributed by atoms with van der Waals surface area (Å²) < 4.78 is 6.72. The zero-order chi connectivity index (χ0) is 17.5. The van der Waals surface area contributed by atoms with E-state index in [0.717, 1.165) is 37.5 Å². The molecule has 3 aromatic carbocycles. The van der Waals surface area contributed by atoms with Crippen molar-refractivity contribution in [3.8, 4) is 0 Å². The maximum absolute atomic E-state index is 12.6. The largest absolute Gasteiger partial charge is 0.464 e. The van der Waals surface area contributed by atoms with Crippen LogP contribution in [-0.2, 0) is 11.2 Å². The van der Waals surface area contributed by atoms with Crippen molar-refractivity contribution in [3.05, 3.63) is 72.5 Å². The van der Waals surface area contributed by atoms with Crippen molar-refractivity contribution in [3.63, 3.8) is 0 Å². The molecule has 0 aliphatic heterocycles. The molecular weight excluding hydrogens is 344 g/mol. The van der Waals surface area contributed by atoms with E-state index in [9.17, 15) is 4.79 Å². The third-order valence-corrected chi connectivity index (χ3v) is 5.38. The molecule has 26 heavy (non-hydrogen) atoms. The zero-order valence-corrected chi connectivity index (χ0v) is 14.5. The van der Waals surface area contributed by atoms with E-state index in [1.165, 1.54) is 11.3 Å². The summed E-state index contributed by atoms with van der Waals surface area (Å²) in [6, 6.07) is 20.0. The van der Waals surface area contributed by atoms with Gasteiger partial charge in [0, 0.05) is 10.9 Å². The number of thiazole rings is 1. The molecule has 0 atom stereocenters. The monoisotopic (exact) mass is 358 g/mol. The fraction of sp³-hybridized carbons (Fsp3) is 0.0476. The van der Waals surface area contributed by atoms with Crippen molar-refractivity contribution in [1.82, 2.24) is 4.98 Å². The number of rotatable bonds is 3. The van der Waals surface area contributed by atoms with Gasteiger partial charge in [0.1, 0.15) is 5.58 Å². The predicted molar refractivity (Wildman–Crippen MR) is 106 cm³/mol. The molecule has 0 spiro atoms. The Labute approximate surface area is 153 Å². The number of nitrogens with one attached hydrogen (secondary N) is 1. The Kier molecular flexibility index (Phi) is 3.47. The summed E-state index contributed by atoms with van der Waals surface area (Å²) in [5, 5.41) is 6.76. The van der Waals surface area contributed by atoms with E-state index in [0.29, 0.717) is 5.13 Å². The Morgan fingerprint density at radius 1 is 1.04 bits per heavy atom. The van der Waals surface area contributed by atoms with Crippen LogP contribution in [0.5, 0.6) is 0 Å². The number of benzene rings is 3. The average molecular weight is 358 g/mol. The van der Waals surface area contributed by atoms with Gasteiger partial charge < -0.3 is 9.73 Å². The van der Waals surface area contributed by atoms with E-state index in [1.54, 1.807) is 6.26 Å². The van der Waals surface area contributed by atoms with Crippen LogP contribution in [0.1, 0.15) is 5.56 Å². The van der Waals surface area contributed by atoms with Gasteiger partial charge in [0.2, 0.25) is 5.91 Å². The molecule has 2 heterocycles. The van der Waals surface area contributed by atoms with Crippen LogP contribution >= 0.6 is 11.3 Å². The normalized spacial score (nSPS) is 11.4. The van der Waals surface area contributed by atoms with Gasteiger partial charge in [-0.3, -0.25) is 4.79 Å². The number of aromatic nitrogens is 1. The first-order chi connectivity index (χ1) is 12.8. The predicted octanol–water partition coefficient (Wildman–Crippen LogP) is 5.38. The highest BCUT2D eigenvalue weighted by Gasteiger charge is 2.14. The van der Waals surface area contributed by atoms with Crippen molar-refractivity contribution in [2.75, 3.05) is 5.32 Å². The molecule has 0 bridgehead atoms. The van der Waals surface area contributed by atoms with Crippen LogP contribution in [0.2, 0.25) is 0 Å². The lowest BCUT2D eigenvalue weighted by Crippen LogP contribution is -2.13. The molecule has 0 saturated heterocycles. The molecule has 0 aliphatic carbocycles. The Bertz CT molecular complexity index is 1240. The lowest BCUT2D eigenvalue weighted by Gasteiger charge is -2.03. The van der Waals surface area contributed by atoms with E-state index in [1.807, 2.05) is 48.5 Å². The van der Waals surface area contributed by atoms with E-state index in [4.69, 9.17) is 4.42 Å². The van der Waals surface area contributed by atoms with Gasteiger partial charge in [-0.25, -0.2) is 4.98 Å². The molecule has 0 radical (unpaired) electrons. The summed E-state index contributed by atoms with van der Waals surface area (Å²) in [5.41, 5.74) is 2.58. The fourth-order valence-corrected chi connectivity index (χ4v) is 4.15. The van der Waals surface area contributed by atoms with Gasteiger partial charge in [-0.15, -0.1) is 0 Å². The summed E-state index contributed by atoms with van der Waals surface area (Å²) in [5.74, 6) is -0.0975. The van der Waals surface area contributed by atoms with Crippen LogP contribution < -0.4 is 5.32 Å². The average Bonchev–Trinajstić information content (AvgIpc) is 3.25. The summed E-state index contributed by atoms with van der Waals surface area (Å²) in [6.45, 7) is 0. The maximum atomic E-state index is 12.6. The second-order valence-corrected chi connectivity index (χ2v) is 7.16. The number of para-hydroxylation sites is 1. The molecule has 4 nitrogen and oxygen atoms in total. The minimum Gasteiger partial charge on any atom is -0.464 e. The standard InChI is InChI=1S/C21H14N2O2S/c24-19(23-21-22-16-7-3-4-8-18(16)26-21)11-14-12-25-17-10-9-13-5-1-2-6-15(13)20(14)17/h1-10,12H,11H2,(H,22,23,24). The van der Waals surface area contributed by atoms with Crippen LogP contribution in [-0.4, -0.2) is 10.9 Å². The van der Waals surface area contributed by atoms with E-state index in [-0.39, 0.29) is 12.3 Å². The molecule has 5 aromatic rings. The number of carbonyl (C=O) groups excluding carboxylic acids is 1. The highest BCUT2D eigenvalue weighted by molar-refractivity contribution is 7.22. The lowest BCUT2D eigenvalue weighted by atomic mass is 10.0. The highest BCUT2D eigenvalue weighted by Crippen LogP contribution is 2.30. The number of hydrogen-bond donors (Lipinski definition) is 1. The van der Waals surface area contributed by atoms with Gasteiger partial charge in [0.25, 0.3) is 0 Å². The Hall–Kier alpha value is -3.18. The van der Waals surface area contributed by atoms with E-state index >= 15 is 0 Å². The molecule has 1 N–H and O–H groups in total. The molecule has 1 amide bonds. The number of nitrogens with zero attached hydrogens (tertiary/aromatic N) is 1. The van der Waals surface area contributed by atoms with Crippen LogP contribution in [0.3, 0.4) is 0 Å². The minimum atomic E-state index is -0.0975. The number of hydrogen-bond acceptors (Lipinski definition) is 4. The highest BCUT2D eigenvalue weighted by atomic mass is 32.1. The molecule has 5 heteroatoms. The molecular formula is C21H14N2O2S. The SMILES string of the molecule is O=C(Cc1coc2ccc3ccccc3c12)Nc1nc2ccccc2s1. The number of carbonyl (C=O) groups is 1. The summed E-state index contributed by atoms with van der Waals surface area (Å²) in [4.78, 5) is 17.0. The summed E-state index contributed by atoms with van der Waals surface area (Å²) >= 11 is 1.48. The number of anilines is 1. The van der Waals surface area contributed by atoms with Crippen molar-refractivity contribution in [2.24, 2.45) is 0 Å². The van der Waals surface area contributed by atoms with Gasteiger partial charge in [0.05, 0.1) is 22.9 Å². The van der Waals surface area contributed by atoms with Gasteiger partial charge in [0.15, 0.2) is 5.13 Å². The molecule has 2 aromatic heterocycles. The zero-order valence-electron chi connectivity index (χ0n) is 13.7. The van der Waals surface area contributed by atoms with Crippen molar-refractivity contribution in [2.45, 2.75) is 6.42 Å². The molecule has 5 rings (SSSR count). The quantitative estimate of drug-likeness (QED) is 0.471. The lowest BCUT2D eigenvalue weighted by molar-refractivity contribution is -0.115. The third-order valence-electron chi connectivity index (χ3n) is 4.43. The first kappa shape index (κ1) is 15.1. The number of fused-ring (bicyclic) bond motifs is 4. The summed E-state index contributed by atoms with van der Waals surface area (Å²) in [7, 11) is 0. The Morgan fingerprint density at radius 2 is 1.88 bits per heavy atom. The van der Waals surface area contributed by atoms with E-state index in [2.05, 4.69) is 22.4 Å². The smallest absolute Gasteiger partial charge is 0.230 e. The first-order valence-corrected chi connectivity index (χ1v) is 9.13. The molecule has 0 aliphatic rings. The van der Waals surface area contributed by atoms with Gasteiger partial charge in [-0.2, -0.15) is 0 Å². The number of furan rings is 1. The fourth-order valence-electron chi connectivity index (χ4n) is 3.27. The van der Waals surface area contributed by atoms with Crippen LogP contribution in [0.15, 0.2) is 71.3 Å². The van der Waals surface area contributed by atoms with Crippen molar-refractivity contribution < 1.29 is 9.21 Å².